The molecule has 0 aliphatic carbocycles. The SMILES string of the molecule is CCCCCCOC(=S)NCCC. The van der Waals surface area contributed by atoms with Gasteiger partial charge in [0.15, 0.2) is 0 Å². The van der Waals surface area contributed by atoms with Gasteiger partial charge in [-0.05, 0) is 25.1 Å². The molecule has 0 heterocycles. The van der Waals surface area contributed by atoms with E-state index in [4.69, 9.17) is 17.0 Å². The Bertz CT molecular complexity index is 128. The van der Waals surface area contributed by atoms with Crippen LogP contribution in [0.4, 0.5) is 0 Å². The lowest BCUT2D eigenvalue weighted by Crippen LogP contribution is -2.24. The van der Waals surface area contributed by atoms with E-state index in [-0.39, 0.29) is 0 Å². The van der Waals surface area contributed by atoms with Gasteiger partial charge in [0.25, 0.3) is 5.17 Å². The lowest BCUT2D eigenvalue weighted by Gasteiger charge is -2.08. The van der Waals surface area contributed by atoms with Crippen LogP contribution >= 0.6 is 12.2 Å². The summed E-state index contributed by atoms with van der Waals surface area (Å²) >= 11 is 4.96. The Kier molecular flexibility index (Phi) is 9.54. The lowest BCUT2D eigenvalue weighted by atomic mass is 10.2. The zero-order valence-electron chi connectivity index (χ0n) is 8.77. The summed E-state index contributed by atoms with van der Waals surface area (Å²) in [4.78, 5) is 0. The van der Waals surface area contributed by atoms with Crippen molar-refractivity contribution in [2.24, 2.45) is 0 Å². The summed E-state index contributed by atoms with van der Waals surface area (Å²) in [5, 5.41) is 3.59. The zero-order chi connectivity index (χ0) is 9.94. The van der Waals surface area contributed by atoms with Gasteiger partial charge in [-0.1, -0.05) is 33.1 Å². The van der Waals surface area contributed by atoms with Crippen LogP contribution in [0.25, 0.3) is 0 Å². The minimum absolute atomic E-state index is 0.554. The van der Waals surface area contributed by atoms with E-state index in [1.165, 1.54) is 19.3 Å². The Balaban J connectivity index is 3.08. The summed E-state index contributed by atoms with van der Waals surface area (Å²) in [6, 6.07) is 0. The average molecular weight is 203 g/mol. The predicted octanol–water partition coefficient (Wildman–Crippen LogP) is 2.87. The fourth-order valence-corrected chi connectivity index (χ4v) is 1.16. The highest BCUT2D eigenvalue weighted by Gasteiger charge is 1.94. The largest absolute Gasteiger partial charge is 0.471 e. The first-order valence-electron chi connectivity index (χ1n) is 5.21. The lowest BCUT2D eigenvalue weighted by molar-refractivity contribution is 0.287. The Morgan fingerprint density at radius 1 is 1.15 bits per heavy atom. The van der Waals surface area contributed by atoms with Crippen LogP contribution in [0.15, 0.2) is 0 Å². The van der Waals surface area contributed by atoms with Crippen LogP contribution in [-0.4, -0.2) is 18.3 Å². The van der Waals surface area contributed by atoms with E-state index in [2.05, 4.69) is 19.2 Å². The molecule has 0 rings (SSSR count). The van der Waals surface area contributed by atoms with E-state index in [1.54, 1.807) is 0 Å². The molecule has 0 saturated carbocycles. The van der Waals surface area contributed by atoms with E-state index in [0.717, 1.165) is 26.0 Å². The molecule has 78 valence electrons. The highest BCUT2D eigenvalue weighted by molar-refractivity contribution is 7.80. The van der Waals surface area contributed by atoms with Crippen LogP contribution in [0.5, 0.6) is 0 Å². The Hall–Kier alpha value is -0.310. The summed E-state index contributed by atoms with van der Waals surface area (Å²) in [5.41, 5.74) is 0. The molecule has 0 aromatic carbocycles. The first-order valence-corrected chi connectivity index (χ1v) is 5.62. The number of hydrogen-bond donors (Lipinski definition) is 1. The van der Waals surface area contributed by atoms with E-state index in [9.17, 15) is 0 Å². The maximum absolute atomic E-state index is 5.31. The number of unbranched alkanes of at least 4 members (excludes halogenated alkanes) is 3. The third-order valence-electron chi connectivity index (χ3n) is 1.75. The quantitative estimate of drug-likeness (QED) is 0.508. The Morgan fingerprint density at radius 2 is 1.92 bits per heavy atom. The fourth-order valence-electron chi connectivity index (χ4n) is 0.972. The first kappa shape index (κ1) is 12.7. The maximum atomic E-state index is 5.31. The molecule has 0 spiro atoms. The van der Waals surface area contributed by atoms with Gasteiger partial charge in [0.1, 0.15) is 0 Å². The van der Waals surface area contributed by atoms with E-state index < -0.39 is 0 Å². The minimum atomic E-state index is 0.554. The summed E-state index contributed by atoms with van der Waals surface area (Å²) in [6.45, 7) is 5.98. The van der Waals surface area contributed by atoms with Gasteiger partial charge in [-0.2, -0.15) is 0 Å². The van der Waals surface area contributed by atoms with Crippen molar-refractivity contribution in [2.75, 3.05) is 13.2 Å². The standard InChI is InChI=1S/C10H21NOS/c1-3-5-6-7-9-12-10(13)11-8-4-2/h3-9H2,1-2H3,(H,11,13). The number of rotatable bonds is 7. The van der Waals surface area contributed by atoms with Crippen LogP contribution in [0.2, 0.25) is 0 Å². The summed E-state index contributed by atoms with van der Waals surface area (Å²) in [6.07, 6.45) is 5.99. The van der Waals surface area contributed by atoms with Crippen molar-refractivity contribution in [2.45, 2.75) is 46.0 Å². The fraction of sp³-hybridized carbons (Fsp3) is 0.900. The Labute approximate surface area is 87.0 Å². The van der Waals surface area contributed by atoms with Gasteiger partial charge in [-0.25, -0.2) is 0 Å². The minimum Gasteiger partial charge on any atom is -0.471 e. The average Bonchev–Trinajstić information content (AvgIpc) is 2.14. The molecule has 3 heteroatoms. The number of thiocarbonyl (C=S) groups is 1. The molecule has 0 amide bonds. The normalized spacial score (nSPS) is 9.69. The number of hydrogen-bond acceptors (Lipinski definition) is 2. The molecule has 0 aliphatic heterocycles. The van der Waals surface area contributed by atoms with Gasteiger partial charge in [0, 0.05) is 6.54 Å². The molecule has 0 unspecified atom stereocenters. The van der Waals surface area contributed by atoms with Gasteiger partial charge in [0.2, 0.25) is 0 Å². The highest BCUT2D eigenvalue weighted by atomic mass is 32.1. The van der Waals surface area contributed by atoms with Gasteiger partial charge in [0.05, 0.1) is 6.61 Å². The van der Waals surface area contributed by atoms with Crippen molar-refractivity contribution < 1.29 is 4.74 Å². The van der Waals surface area contributed by atoms with E-state index in [1.807, 2.05) is 0 Å². The monoisotopic (exact) mass is 203 g/mol. The molecular weight excluding hydrogens is 182 g/mol. The van der Waals surface area contributed by atoms with E-state index >= 15 is 0 Å². The molecule has 0 aromatic heterocycles. The number of nitrogens with one attached hydrogen (secondary N) is 1. The third kappa shape index (κ3) is 9.61. The van der Waals surface area contributed by atoms with Crippen molar-refractivity contribution in [3.05, 3.63) is 0 Å². The van der Waals surface area contributed by atoms with Gasteiger partial charge < -0.3 is 10.1 Å². The van der Waals surface area contributed by atoms with Crippen molar-refractivity contribution in [3.63, 3.8) is 0 Å². The molecule has 0 aromatic rings. The van der Waals surface area contributed by atoms with Gasteiger partial charge in [-0.3, -0.25) is 0 Å². The van der Waals surface area contributed by atoms with Crippen molar-refractivity contribution in [1.29, 1.82) is 0 Å². The molecule has 0 saturated heterocycles. The molecule has 1 N–H and O–H groups in total. The molecule has 0 aliphatic rings. The topological polar surface area (TPSA) is 21.3 Å². The van der Waals surface area contributed by atoms with Crippen molar-refractivity contribution in [3.8, 4) is 0 Å². The van der Waals surface area contributed by atoms with Crippen LogP contribution in [-0.2, 0) is 4.74 Å². The molecule has 0 bridgehead atoms. The van der Waals surface area contributed by atoms with Crippen molar-refractivity contribution >= 4 is 17.4 Å². The number of ether oxygens (including phenoxy) is 1. The first-order chi connectivity index (χ1) is 6.31. The second kappa shape index (κ2) is 9.78. The van der Waals surface area contributed by atoms with Gasteiger partial charge >= 0.3 is 0 Å². The zero-order valence-corrected chi connectivity index (χ0v) is 9.58. The van der Waals surface area contributed by atoms with Crippen LogP contribution < -0.4 is 5.32 Å². The van der Waals surface area contributed by atoms with E-state index in [0.29, 0.717) is 5.17 Å². The van der Waals surface area contributed by atoms with Gasteiger partial charge in [-0.15, -0.1) is 0 Å². The third-order valence-corrected chi connectivity index (χ3v) is 2.01. The van der Waals surface area contributed by atoms with Crippen molar-refractivity contribution in [1.82, 2.24) is 5.32 Å². The van der Waals surface area contributed by atoms with Crippen LogP contribution in [0, 0.1) is 0 Å². The smallest absolute Gasteiger partial charge is 0.256 e. The molecule has 13 heavy (non-hydrogen) atoms. The molecule has 0 radical (unpaired) electrons. The second-order valence-corrected chi connectivity index (χ2v) is 3.49. The van der Waals surface area contributed by atoms with Crippen LogP contribution in [0.1, 0.15) is 46.0 Å². The molecular formula is C10H21NOS. The molecule has 0 atom stereocenters. The molecule has 2 nitrogen and oxygen atoms in total. The summed E-state index contributed by atoms with van der Waals surface area (Å²) in [7, 11) is 0. The Morgan fingerprint density at radius 3 is 2.54 bits per heavy atom. The highest BCUT2D eigenvalue weighted by Crippen LogP contribution is 1.98. The van der Waals surface area contributed by atoms with Crippen LogP contribution in [0.3, 0.4) is 0 Å². The predicted molar refractivity (Wildman–Crippen MR) is 61.0 cm³/mol. The molecule has 0 fully saturated rings. The summed E-state index contributed by atoms with van der Waals surface area (Å²) < 4.78 is 5.31. The maximum Gasteiger partial charge on any atom is 0.256 e. The second-order valence-electron chi connectivity index (χ2n) is 3.12. The summed E-state index contributed by atoms with van der Waals surface area (Å²) in [5.74, 6) is 0.